The number of hydrogen-bond acceptors (Lipinski definition) is 0. The molecule has 0 radical (unpaired) electrons. The Morgan fingerprint density at radius 3 is 0.785 bits per heavy atom. The second-order valence-corrected chi connectivity index (χ2v) is 25.6. The van der Waals surface area contributed by atoms with Crippen LogP contribution in [0.1, 0.15) is 59.7 Å². The van der Waals surface area contributed by atoms with Crippen LogP contribution in [0.15, 0.2) is 170 Å². The standard InChI is InChI=1S/2C21H21P.C12H15Si.C7H7.Pt/c2*1-16-4-10-19(11-5-16)22(20-12-6-17(2)7-13-20)21-14-8-18(3)9-15-21;1-5-9-10-11-12-13(6-2,7-3)8-4;1-7-5-3-2-4-6-7;/h2*4-15H,1-3H3;6-8H2,2-4H3;3-6H,1H3;/q;;2*-1;+2. The van der Waals surface area contributed by atoms with Crippen molar-refractivity contribution in [2.45, 2.75) is 87.4 Å². The number of aryl methyl sites for hydroxylation is 7. The van der Waals surface area contributed by atoms with Crippen LogP contribution in [0.5, 0.6) is 0 Å². The zero-order valence-corrected chi connectivity index (χ0v) is 45.1. The predicted molar refractivity (Wildman–Crippen MR) is 289 cm³/mol. The molecule has 0 N–H and O–H groups in total. The maximum atomic E-state index is 6.59. The van der Waals surface area contributed by atoms with Crippen molar-refractivity contribution in [1.29, 1.82) is 0 Å². The molecule has 0 bridgehead atoms. The van der Waals surface area contributed by atoms with Crippen LogP contribution in [0, 0.1) is 90.2 Å². The van der Waals surface area contributed by atoms with Crippen LogP contribution >= 0.6 is 15.8 Å². The molecule has 4 heteroatoms. The molecule has 0 aliphatic rings. The molecular weight excluding hydrogens is 1020 g/mol. The van der Waals surface area contributed by atoms with Crippen LogP contribution in [0.3, 0.4) is 0 Å². The van der Waals surface area contributed by atoms with Crippen molar-refractivity contribution in [3.63, 3.8) is 0 Å². The molecule has 0 amide bonds. The topological polar surface area (TPSA) is 0 Å². The van der Waals surface area contributed by atoms with E-state index in [-0.39, 0.29) is 21.1 Å². The van der Waals surface area contributed by atoms with Gasteiger partial charge in [0, 0.05) is 0 Å². The Morgan fingerprint density at radius 1 is 0.369 bits per heavy atom. The van der Waals surface area contributed by atoms with Gasteiger partial charge in [0.25, 0.3) is 0 Å². The molecule has 0 aliphatic heterocycles. The molecule has 7 aromatic rings. The van der Waals surface area contributed by atoms with Crippen molar-refractivity contribution in [2.24, 2.45) is 0 Å². The van der Waals surface area contributed by atoms with Gasteiger partial charge >= 0.3 is 21.1 Å². The molecule has 0 saturated carbocycles. The Balaban J connectivity index is 0.000000246. The summed E-state index contributed by atoms with van der Waals surface area (Å²) in [6.07, 6.45) is 6.59. The van der Waals surface area contributed by atoms with Crippen LogP contribution in [0.25, 0.3) is 0 Å². The molecule has 0 nitrogen and oxygen atoms in total. The van der Waals surface area contributed by atoms with Crippen molar-refractivity contribution in [2.75, 3.05) is 0 Å². The Labute approximate surface area is 411 Å². The number of benzene rings is 7. The first kappa shape index (κ1) is 54.3. The van der Waals surface area contributed by atoms with Gasteiger partial charge in [-0.25, -0.2) is 5.92 Å². The minimum atomic E-state index is -1.32. The van der Waals surface area contributed by atoms with Crippen molar-refractivity contribution >= 4 is 55.7 Å². The van der Waals surface area contributed by atoms with Gasteiger partial charge in [0.2, 0.25) is 0 Å². The van der Waals surface area contributed by atoms with Gasteiger partial charge in [-0.1, -0.05) is 207 Å². The van der Waals surface area contributed by atoms with Gasteiger partial charge in [-0.3, -0.25) is 5.92 Å². The molecule has 0 aliphatic carbocycles. The van der Waals surface area contributed by atoms with Crippen molar-refractivity contribution in [3.8, 4) is 29.2 Å². The smallest absolute Gasteiger partial charge is 0.358 e. The van der Waals surface area contributed by atoms with E-state index in [1.54, 1.807) is 0 Å². The Kier molecular flexibility index (Phi) is 24.1. The molecule has 0 saturated heterocycles. The molecular formula is C61H64P2PtSi. The Hall–Kier alpha value is -5.01. The minimum Gasteiger partial charge on any atom is -0.358 e. The summed E-state index contributed by atoms with van der Waals surface area (Å²) in [6.45, 7) is 21.6. The van der Waals surface area contributed by atoms with Gasteiger partial charge in [-0.05, 0) is 113 Å². The maximum absolute atomic E-state index is 6.59. The molecule has 332 valence electrons. The first-order valence-electron chi connectivity index (χ1n) is 22.3. The van der Waals surface area contributed by atoms with E-state index >= 15 is 0 Å². The van der Waals surface area contributed by atoms with Crippen molar-refractivity contribution in [1.82, 2.24) is 0 Å². The largest absolute Gasteiger partial charge is 2.00 e. The molecule has 7 rings (SSSR count). The van der Waals surface area contributed by atoms with Crippen LogP contribution in [-0.4, -0.2) is 8.07 Å². The van der Waals surface area contributed by atoms with E-state index in [2.05, 4.69) is 244 Å². The first-order chi connectivity index (χ1) is 30.9. The van der Waals surface area contributed by atoms with Crippen molar-refractivity contribution < 1.29 is 21.1 Å². The molecule has 0 atom stereocenters. The summed E-state index contributed by atoms with van der Waals surface area (Å²) in [4.78, 5) is 0. The molecule has 0 aromatic heterocycles. The van der Waals surface area contributed by atoms with E-state index in [4.69, 9.17) is 6.42 Å². The molecule has 0 heterocycles. The third kappa shape index (κ3) is 18.1. The average Bonchev–Trinajstić information content (AvgIpc) is 3.31. The molecule has 0 spiro atoms. The zero-order chi connectivity index (χ0) is 46.3. The van der Waals surface area contributed by atoms with E-state index in [9.17, 15) is 0 Å². The van der Waals surface area contributed by atoms with E-state index in [0.29, 0.717) is 0 Å². The van der Waals surface area contributed by atoms with Crippen LogP contribution in [0.4, 0.5) is 0 Å². The quantitative estimate of drug-likeness (QED) is 0.0585. The molecule has 0 unspecified atom stereocenters. The summed E-state index contributed by atoms with van der Waals surface area (Å²) in [5.74, 6) is 9.88. The summed E-state index contributed by atoms with van der Waals surface area (Å²) in [6, 6.07) is 68.3. The van der Waals surface area contributed by atoms with Crippen LogP contribution in [0.2, 0.25) is 18.1 Å². The fraction of sp³-hybridized carbons (Fsp3) is 0.213. The first-order valence-corrected chi connectivity index (χ1v) is 27.6. The van der Waals surface area contributed by atoms with Gasteiger partial charge in [0.15, 0.2) is 0 Å². The van der Waals surface area contributed by atoms with Crippen molar-refractivity contribution in [3.05, 3.63) is 221 Å². The van der Waals surface area contributed by atoms with Gasteiger partial charge in [0.05, 0.1) is 0 Å². The van der Waals surface area contributed by atoms with E-state index < -0.39 is 23.9 Å². The average molecular weight is 1080 g/mol. The summed E-state index contributed by atoms with van der Waals surface area (Å²) >= 11 is 0. The predicted octanol–water partition coefficient (Wildman–Crippen LogP) is 13.2. The normalized spacial score (nSPS) is 10.1. The fourth-order valence-corrected chi connectivity index (χ4v) is 13.6. The number of hydrogen-bond donors (Lipinski definition) is 0. The monoisotopic (exact) mass is 1080 g/mol. The van der Waals surface area contributed by atoms with Crippen LogP contribution < -0.4 is 31.8 Å². The van der Waals surface area contributed by atoms with Gasteiger partial charge in [0.1, 0.15) is 8.07 Å². The summed E-state index contributed by atoms with van der Waals surface area (Å²) < 4.78 is 0. The van der Waals surface area contributed by atoms with Crippen LogP contribution in [-0.2, 0) is 21.1 Å². The summed E-state index contributed by atoms with van der Waals surface area (Å²) in [5, 5.41) is 8.46. The Bertz CT molecular complexity index is 2240. The van der Waals surface area contributed by atoms with E-state index in [1.807, 2.05) is 30.2 Å². The second kappa shape index (κ2) is 28.8. The maximum Gasteiger partial charge on any atom is 2.00 e. The van der Waals surface area contributed by atoms with Gasteiger partial charge in [-0.2, -0.15) is 35.9 Å². The molecule has 0 fully saturated rings. The second-order valence-electron chi connectivity index (χ2n) is 16.2. The third-order valence-corrected chi connectivity index (χ3v) is 20.8. The zero-order valence-electron chi connectivity index (χ0n) is 40.0. The number of rotatable bonds is 9. The Morgan fingerprint density at radius 2 is 0.600 bits per heavy atom. The van der Waals surface area contributed by atoms with E-state index in [0.717, 1.165) is 0 Å². The van der Waals surface area contributed by atoms with Gasteiger partial charge in [-0.15, -0.1) is 11.5 Å². The third-order valence-electron chi connectivity index (χ3n) is 11.2. The minimum absolute atomic E-state index is 0. The SMILES string of the molecule is Cc1cc[c-]cc1.Cc1ccc(P(c2ccc(C)cc2)c2ccc(C)cc2)cc1.Cc1ccc(P(c2ccc(C)cc2)c2ccc(C)cc2)cc1.[C-]#CC#CC#C[Si](CC)(CC)CC.[Pt+2]. The summed E-state index contributed by atoms with van der Waals surface area (Å²) in [7, 11) is -2.29. The summed E-state index contributed by atoms with van der Waals surface area (Å²) in [5.41, 5.74) is 12.5. The van der Waals surface area contributed by atoms with Gasteiger partial charge < -0.3 is 6.42 Å². The molecule has 7 aromatic carbocycles. The van der Waals surface area contributed by atoms with E-state index in [1.165, 1.54) is 88.9 Å². The fourth-order valence-electron chi connectivity index (χ4n) is 6.77. The molecule has 65 heavy (non-hydrogen) atoms.